The number of carbonyl (C=O) groups excluding carboxylic acids is 1. The van der Waals surface area contributed by atoms with Crippen LogP contribution in [-0.4, -0.2) is 21.6 Å². The normalized spacial score (nSPS) is 10.8. The van der Waals surface area contributed by atoms with E-state index in [4.69, 9.17) is 13.9 Å². The first-order valence-electron chi connectivity index (χ1n) is 6.70. The number of carboxylic acids is 1. The van der Waals surface area contributed by atoms with Crippen LogP contribution in [0.3, 0.4) is 0 Å². The summed E-state index contributed by atoms with van der Waals surface area (Å²) in [5, 5.41) is 11.5. The van der Waals surface area contributed by atoms with Gasteiger partial charge in [-0.25, -0.2) is 9.59 Å². The maximum atomic E-state index is 11.9. The minimum absolute atomic E-state index is 0.000621. The summed E-state index contributed by atoms with van der Waals surface area (Å²) < 4.78 is 11.2. The molecule has 2 heterocycles. The molecule has 3 aromatic rings. The lowest BCUT2D eigenvalue weighted by molar-refractivity contribution is -0.121. The zero-order chi connectivity index (χ0) is 16.4. The van der Waals surface area contributed by atoms with Crippen LogP contribution >= 0.6 is 0 Å². The van der Waals surface area contributed by atoms with Crippen LogP contribution < -0.4 is 11.1 Å². The maximum Gasteiger partial charge on any atom is 0.420 e. The lowest BCUT2D eigenvalue weighted by atomic mass is 10.2. The molecule has 8 nitrogen and oxygen atoms in total. The highest BCUT2D eigenvalue weighted by molar-refractivity contribution is 5.92. The third kappa shape index (κ3) is 3.00. The van der Waals surface area contributed by atoms with Crippen molar-refractivity contribution in [3.63, 3.8) is 0 Å². The second-order valence-electron chi connectivity index (χ2n) is 4.80. The summed E-state index contributed by atoms with van der Waals surface area (Å²) in [7, 11) is 0. The standard InChI is InChI=1S/C15H12N2O6/c18-13(16-7-10-2-1-5-22-10)8-17-11-4-3-9(14(19)20)6-12(11)23-15(17)21/h1-6H,7-8H2,(H,16,18)(H,19,20). The van der Waals surface area contributed by atoms with E-state index >= 15 is 0 Å². The molecule has 2 aromatic heterocycles. The Bertz CT molecular complexity index is 919. The number of furan rings is 1. The van der Waals surface area contributed by atoms with Crippen LogP contribution in [0.15, 0.2) is 50.2 Å². The first-order chi connectivity index (χ1) is 11.0. The van der Waals surface area contributed by atoms with Crippen molar-refractivity contribution in [1.29, 1.82) is 0 Å². The number of amides is 1. The number of nitrogens with zero attached hydrogens (tertiary/aromatic N) is 1. The minimum Gasteiger partial charge on any atom is -0.478 e. The van der Waals surface area contributed by atoms with Crippen LogP contribution in [0, 0.1) is 0 Å². The Morgan fingerprint density at radius 1 is 1.26 bits per heavy atom. The average molecular weight is 316 g/mol. The van der Waals surface area contributed by atoms with E-state index in [1.807, 2.05) is 0 Å². The highest BCUT2D eigenvalue weighted by Gasteiger charge is 2.14. The number of hydrogen-bond donors (Lipinski definition) is 2. The van der Waals surface area contributed by atoms with Crippen molar-refractivity contribution in [3.05, 3.63) is 58.5 Å². The second-order valence-corrected chi connectivity index (χ2v) is 4.80. The van der Waals surface area contributed by atoms with Gasteiger partial charge in [0.1, 0.15) is 12.3 Å². The molecule has 118 valence electrons. The van der Waals surface area contributed by atoms with Gasteiger partial charge >= 0.3 is 11.7 Å². The summed E-state index contributed by atoms with van der Waals surface area (Å²) in [6.07, 6.45) is 1.50. The average Bonchev–Trinajstić information content (AvgIpc) is 3.13. The van der Waals surface area contributed by atoms with E-state index in [1.165, 1.54) is 24.5 Å². The topological polar surface area (TPSA) is 115 Å². The molecule has 0 atom stereocenters. The Morgan fingerprint density at radius 2 is 2.09 bits per heavy atom. The summed E-state index contributed by atoms with van der Waals surface area (Å²) in [4.78, 5) is 34.7. The van der Waals surface area contributed by atoms with Gasteiger partial charge in [-0.2, -0.15) is 0 Å². The van der Waals surface area contributed by atoms with Crippen molar-refractivity contribution in [2.24, 2.45) is 0 Å². The molecule has 0 aliphatic rings. The predicted molar refractivity (Wildman–Crippen MR) is 78.0 cm³/mol. The third-order valence-electron chi connectivity index (χ3n) is 3.26. The summed E-state index contributed by atoms with van der Waals surface area (Å²) in [6, 6.07) is 7.44. The minimum atomic E-state index is -1.13. The zero-order valence-corrected chi connectivity index (χ0v) is 11.8. The molecule has 0 unspecified atom stereocenters. The molecule has 2 N–H and O–H groups in total. The van der Waals surface area contributed by atoms with E-state index in [9.17, 15) is 14.4 Å². The van der Waals surface area contributed by atoms with Crippen molar-refractivity contribution in [2.45, 2.75) is 13.1 Å². The SMILES string of the molecule is O=C(Cn1c(=O)oc2cc(C(=O)O)ccc21)NCc1ccco1. The van der Waals surface area contributed by atoms with Crippen LogP contribution in [-0.2, 0) is 17.9 Å². The van der Waals surface area contributed by atoms with Gasteiger partial charge in [-0.15, -0.1) is 0 Å². The Balaban J connectivity index is 1.79. The van der Waals surface area contributed by atoms with Gasteiger partial charge in [0, 0.05) is 0 Å². The van der Waals surface area contributed by atoms with Crippen LogP contribution in [0.2, 0.25) is 0 Å². The highest BCUT2D eigenvalue weighted by atomic mass is 16.4. The molecule has 0 aliphatic carbocycles. The highest BCUT2D eigenvalue weighted by Crippen LogP contribution is 2.15. The van der Waals surface area contributed by atoms with E-state index in [1.54, 1.807) is 12.1 Å². The second kappa shape index (κ2) is 5.84. The van der Waals surface area contributed by atoms with Crippen molar-refractivity contribution < 1.29 is 23.5 Å². The molecule has 0 fully saturated rings. The lowest BCUT2D eigenvalue weighted by Crippen LogP contribution is -2.30. The Morgan fingerprint density at radius 3 is 2.78 bits per heavy atom. The quantitative estimate of drug-likeness (QED) is 0.731. The number of aromatic nitrogens is 1. The number of carboxylic acid groups (broad SMARTS) is 1. The zero-order valence-electron chi connectivity index (χ0n) is 11.8. The molecular formula is C15H12N2O6. The van der Waals surface area contributed by atoms with E-state index in [0.29, 0.717) is 11.3 Å². The molecule has 0 bridgehead atoms. The number of hydrogen-bond acceptors (Lipinski definition) is 5. The van der Waals surface area contributed by atoms with Gasteiger partial charge in [-0.05, 0) is 30.3 Å². The monoisotopic (exact) mass is 316 g/mol. The first kappa shape index (κ1) is 14.6. The predicted octanol–water partition coefficient (Wildman–Crippen LogP) is 1.20. The van der Waals surface area contributed by atoms with Crippen molar-refractivity contribution in [1.82, 2.24) is 9.88 Å². The van der Waals surface area contributed by atoms with Gasteiger partial charge < -0.3 is 19.3 Å². The van der Waals surface area contributed by atoms with Crippen LogP contribution in [0.1, 0.15) is 16.1 Å². The van der Waals surface area contributed by atoms with E-state index < -0.39 is 17.6 Å². The van der Waals surface area contributed by atoms with Crippen molar-refractivity contribution >= 4 is 23.0 Å². The van der Waals surface area contributed by atoms with Gasteiger partial charge in [0.25, 0.3) is 0 Å². The van der Waals surface area contributed by atoms with Crippen LogP contribution in [0.5, 0.6) is 0 Å². The molecule has 0 saturated heterocycles. The Labute approximate surface area is 128 Å². The largest absolute Gasteiger partial charge is 0.478 e. The summed E-state index contributed by atoms with van der Waals surface area (Å²) in [6.45, 7) is -0.0293. The summed E-state index contributed by atoms with van der Waals surface area (Å²) in [5.41, 5.74) is 0.475. The fourth-order valence-corrected chi connectivity index (χ4v) is 2.15. The Hall–Kier alpha value is -3.29. The lowest BCUT2D eigenvalue weighted by Gasteiger charge is -2.04. The van der Waals surface area contributed by atoms with E-state index in [-0.39, 0.29) is 24.2 Å². The van der Waals surface area contributed by atoms with Crippen molar-refractivity contribution in [2.75, 3.05) is 0 Å². The molecule has 1 amide bonds. The molecule has 23 heavy (non-hydrogen) atoms. The molecule has 3 rings (SSSR count). The van der Waals surface area contributed by atoms with Crippen LogP contribution in [0.4, 0.5) is 0 Å². The van der Waals surface area contributed by atoms with Gasteiger partial charge in [-0.3, -0.25) is 9.36 Å². The molecule has 0 radical (unpaired) electrons. The Kier molecular flexibility index (Phi) is 3.71. The van der Waals surface area contributed by atoms with Crippen molar-refractivity contribution in [3.8, 4) is 0 Å². The maximum absolute atomic E-state index is 11.9. The number of rotatable bonds is 5. The van der Waals surface area contributed by atoms with Gasteiger partial charge in [-0.1, -0.05) is 0 Å². The van der Waals surface area contributed by atoms with E-state index in [2.05, 4.69) is 5.32 Å². The fraction of sp³-hybridized carbons (Fsp3) is 0.133. The fourth-order valence-electron chi connectivity index (χ4n) is 2.15. The van der Waals surface area contributed by atoms with Gasteiger partial charge in [0.2, 0.25) is 5.91 Å². The third-order valence-corrected chi connectivity index (χ3v) is 3.26. The first-order valence-corrected chi connectivity index (χ1v) is 6.70. The summed E-state index contributed by atoms with van der Waals surface area (Å²) >= 11 is 0. The summed E-state index contributed by atoms with van der Waals surface area (Å²) in [5.74, 6) is -1.66. The molecule has 0 spiro atoms. The molecule has 0 saturated carbocycles. The van der Waals surface area contributed by atoms with Crippen LogP contribution in [0.25, 0.3) is 11.1 Å². The smallest absolute Gasteiger partial charge is 0.420 e. The van der Waals surface area contributed by atoms with Gasteiger partial charge in [0.15, 0.2) is 5.58 Å². The molecule has 1 aromatic carbocycles. The van der Waals surface area contributed by atoms with Gasteiger partial charge in [0.05, 0.1) is 23.9 Å². The number of oxazole rings is 1. The van der Waals surface area contributed by atoms with E-state index in [0.717, 1.165) is 4.57 Å². The number of benzene rings is 1. The number of aromatic carboxylic acids is 1. The molecule has 8 heteroatoms. The number of fused-ring (bicyclic) bond motifs is 1. The number of carbonyl (C=O) groups is 2. The number of nitrogens with one attached hydrogen (secondary N) is 1. The molecule has 0 aliphatic heterocycles. The molecular weight excluding hydrogens is 304 g/mol.